The highest BCUT2D eigenvalue weighted by atomic mass is 16.5. The van der Waals surface area contributed by atoms with Crippen molar-refractivity contribution < 1.29 is 9.53 Å². The van der Waals surface area contributed by atoms with Crippen LogP contribution in [0.15, 0.2) is 72.8 Å². The zero-order chi connectivity index (χ0) is 20.8. The number of hydrogen-bond acceptors (Lipinski definition) is 3. The van der Waals surface area contributed by atoms with Crippen LogP contribution in [-0.2, 0) is 22.5 Å². The van der Waals surface area contributed by atoms with Crippen LogP contribution >= 0.6 is 0 Å². The second-order valence-corrected chi connectivity index (χ2v) is 8.08. The average Bonchev–Trinajstić information content (AvgIpc) is 2.79. The van der Waals surface area contributed by atoms with E-state index < -0.39 is 0 Å². The van der Waals surface area contributed by atoms with Crippen molar-refractivity contribution in [1.82, 2.24) is 9.80 Å². The molecule has 156 valence electrons. The second-order valence-electron chi connectivity index (χ2n) is 8.08. The molecule has 1 fully saturated rings. The van der Waals surface area contributed by atoms with Gasteiger partial charge >= 0.3 is 0 Å². The zero-order valence-electron chi connectivity index (χ0n) is 17.7. The molecular weight excluding hydrogens is 372 g/mol. The molecule has 0 bridgehead atoms. The third-order valence-electron chi connectivity index (χ3n) is 5.90. The minimum absolute atomic E-state index is 0.130. The number of rotatable bonds is 7. The van der Waals surface area contributed by atoms with Gasteiger partial charge in [-0.1, -0.05) is 72.8 Å². The molecule has 0 radical (unpaired) electrons. The van der Waals surface area contributed by atoms with Crippen molar-refractivity contribution in [1.29, 1.82) is 0 Å². The highest BCUT2D eigenvalue weighted by Crippen LogP contribution is 2.21. The van der Waals surface area contributed by atoms with Crippen molar-refractivity contribution in [2.24, 2.45) is 0 Å². The van der Waals surface area contributed by atoms with Gasteiger partial charge in [-0.25, -0.2) is 0 Å². The van der Waals surface area contributed by atoms with Crippen molar-refractivity contribution in [2.45, 2.75) is 25.9 Å². The Bertz CT molecular complexity index is 962. The fourth-order valence-electron chi connectivity index (χ4n) is 4.24. The molecule has 30 heavy (non-hydrogen) atoms. The maximum Gasteiger partial charge on any atom is 0.227 e. The largest absolute Gasteiger partial charge is 0.379 e. The molecule has 1 atom stereocenters. The molecule has 1 aliphatic heterocycles. The van der Waals surface area contributed by atoms with Gasteiger partial charge in [0.1, 0.15) is 0 Å². The summed E-state index contributed by atoms with van der Waals surface area (Å²) < 4.78 is 5.48. The predicted octanol–water partition coefficient (Wildman–Crippen LogP) is 4.13. The Morgan fingerprint density at radius 1 is 0.967 bits per heavy atom. The van der Waals surface area contributed by atoms with Gasteiger partial charge in [0.2, 0.25) is 5.91 Å². The summed E-state index contributed by atoms with van der Waals surface area (Å²) >= 11 is 0. The van der Waals surface area contributed by atoms with E-state index in [-0.39, 0.29) is 11.9 Å². The Hall–Kier alpha value is -2.69. The summed E-state index contributed by atoms with van der Waals surface area (Å²) in [7, 11) is 0. The molecule has 4 heteroatoms. The number of amides is 1. The molecule has 1 saturated heterocycles. The number of fused-ring (bicyclic) bond motifs is 1. The summed E-state index contributed by atoms with van der Waals surface area (Å²) in [5, 5.41) is 2.34. The Kier molecular flexibility index (Phi) is 6.77. The number of hydrogen-bond donors (Lipinski definition) is 0. The van der Waals surface area contributed by atoms with Gasteiger partial charge in [-0.3, -0.25) is 9.69 Å². The van der Waals surface area contributed by atoms with Gasteiger partial charge in [-0.05, 0) is 28.8 Å². The minimum Gasteiger partial charge on any atom is -0.379 e. The van der Waals surface area contributed by atoms with Crippen LogP contribution in [-0.4, -0.2) is 54.6 Å². The first-order valence-corrected chi connectivity index (χ1v) is 10.8. The Morgan fingerprint density at radius 3 is 2.47 bits per heavy atom. The van der Waals surface area contributed by atoms with Gasteiger partial charge in [0.25, 0.3) is 0 Å². The van der Waals surface area contributed by atoms with E-state index in [1.165, 1.54) is 5.39 Å². The number of carbonyl (C=O) groups excluding carboxylic acids is 1. The number of morpholine rings is 1. The van der Waals surface area contributed by atoms with Gasteiger partial charge in [0.05, 0.1) is 19.6 Å². The van der Waals surface area contributed by atoms with Gasteiger partial charge in [-0.2, -0.15) is 0 Å². The molecular formula is C26H30N2O2. The van der Waals surface area contributed by atoms with E-state index in [4.69, 9.17) is 4.74 Å². The Labute approximate surface area is 179 Å². The van der Waals surface area contributed by atoms with Gasteiger partial charge < -0.3 is 9.64 Å². The first-order chi connectivity index (χ1) is 14.7. The zero-order valence-corrected chi connectivity index (χ0v) is 17.7. The highest BCUT2D eigenvalue weighted by molar-refractivity contribution is 5.90. The number of ether oxygens (including phenoxy) is 1. The number of benzene rings is 3. The second kappa shape index (κ2) is 9.88. The van der Waals surface area contributed by atoms with Crippen LogP contribution < -0.4 is 0 Å². The average molecular weight is 403 g/mol. The molecule has 1 aliphatic rings. The van der Waals surface area contributed by atoms with E-state index >= 15 is 0 Å². The van der Waals surface area contributed by atoms with Crippen molar-refractivity contribution >= 4 is 16.7 Å². The molecule has 0 aliphatic carbocycles. The summed E-state index contributed by atoms with van der Waals surface area (Å²) in [4.78, 5) is 18.0. The number of carbonyl (C=O) groups is 1. The molecule has 1 heterocycles. The lowest BCUT2D eigenvalue weighted by molar-refractivity contribution is -0.133. The standard InChI is InChI=1S/C26H30N2O2/c1-21(19-27-14-16-30-17-15-27)28(20-22-8-3-2-4-9-22)26(29)18-24-12-7-11-23-10-5-6-13-25(23)24/h2-13,21H,14-20H2,1H3. The molecule has 0 aromatic heterocycles. The molecule has 3 aromatic carbocycles. The lowest BCUT2D eigenvalue weighted by Gasteiger charge is -2.35. The molecule has 0 saturated carbocycles. The lowest BCUT2D eigenvalue weighted by Crippen LogP contribution is -2.48. The molecule has 0 N–H and O–H groups in total. The van der Waals surface area contributed by atoms with Crippen LogP contribution in [0, 0.1) is 0 Å². The summed E-state index contributed by atoms with van der Waals surface area (Å²) in [5.41, 5.74) is 2.26. The van der Waals surface area contributed by atoms with Crippen LogP contribution in [0.3, 0.4) is 0 Å². The van der Waals surface area contributed by atoms with Gasteiger partial charge in [-0.15, -0.1) is 0 Å². The number of nitrogens with zero attached hydrogens (tertiary/aromatic N) is 2. The first kappa shape index (κ1) is 20.6. The summed E-state index contributed by atoms with van der Waals surface area (Å²) in [6.07, 6.45) is 0.418. The van der Waals surface area contributed by atoms with Crippen LogP contribution in [0.2, 0.25) is 0 Å². The van der Waals surface area contributed by atoms with Gasteiger partial charge in [0, 0.05) is 32.2 Å². The minimum atomic E-state index is 0.130. The van der Waals surface area contributed by atoms with E-state index in [9.17, 15) is 4.79 Å². The highest BCUT2D eigenvalue weighted by Gasteiger charge is 2.24. The normalized spacial score (nSPS) is 15.8. The van der Waals surface area contributed by atoms with Crippen LogP contribution in [0.1, 0.15) is 18.1 Å². The topological polar surface area (TPSA) is 32.8 Å². The van der Waals surface area contributed by atoms with Crippen LogP contribution in [0.5, 0.6) is 0 Å². The fourth-order valence-corrected chi connectivity index (χ4v) is 4.24. The van der Waals surface area contributed by atoms with E-state index in [1.54, 1.807) is 0 Å². The maximum atomic E-state index is 13.5. The van der Waals surface area contributed by atoms with Crippen molar-refractivity contribution in [2.75, 3.05) is 32.8 Å². The van der Waals surface area contributed by atoms with Crippen molar-refractivity contribution in [3.05, 3.63) is 83.9 Å². The smallest absolute Gasteiger partial charge is 0.227 e. The van der Waals surface area contributed by atoms with Crippen molar-refractivity contribution in [3.63, 3.8) is 0 Å². The predicted molar refractivity (Wildman–Crippen MR) is 121 cm³/mol. The van der Waals surface area contributed by atoms with E-state index in [0.717, 1.165) is 49.4 Å². The molecule has 4 nitrogen and oxygen atoms in total. The fraction of sp³-hybridized carbons (Fsp3) is 0.346. The molecule has 0 spiro atoms. The third kappa shape index (κ3) is 5.07. The molecule has 1 unspecified atom stereocenters. The monoisotopic (exact) mass is 402 g/mol. The van der Waals surface area contributed by atoms with Crippen LogP contribution in [0.4, 0.5) is 0 Å². The molecule has 1 amide bonds. The molecule has 3 aromatic rings. The van der Waals surface area contributed by atoms with E-state index in [2.05, 4.69) is 48.2 Å². The summed E-state index contributed by atoms with van der Waals surface area (Å²) in [6.45, 7) is 7.08. The van der Waals surface area contributed by atoms with Gasteiger partial charge in [0.15, 0.2) is 0 Å². The van der Waals surface area contributed by atoms with E-state index in [0.29, 0.717) is 13.0 Å². The summed E-state index contributed by atoms with van der Waals surface area (Å²) in [5.74, 6) is 0.177. The molecule has 4 rings (SSSR count). The third-order valence-corrected chi connectivity index (χ3v) is 5.90. The maximum absolute atomic E-state index is 13.5. The van der Waals surface area contributed by atoms with Crippen molar-refractivity contribution in [3.8, 4) is 0 Å². The SMILES string of the molecule is CC(CN1CCOCC1)N(Cc1ccccc1)C(=O)Cc1cccc2ccccc12. The Morgan fingerprint density at radius 2 is 1.67 bits per heavy atom. The Balaban J connectivity index is 1.54. The quantitative estimate of drug-likeness (QED) is 0.596. The van der Waals surface area contributed by atoms with Crippen LogP contribution in [0.25, 0.3) is 10.8 Å². The summed E-state index contributed by atoms with van der Waals surface area (Å²) in [6, 6.07) is 24.9. The van der Waals surface area contributed by atoms with E-state index in [1.807, 2.05) is 41.3 Å². The lowest BCUT2D eigenvalue weighted by atomic mass is 10.0. The first-order valence-electron chi connectivity index (χ1n) is 10.8.